The maximum atomic E-state index is 12.2. The lowest BCUT2D eigenvalue weighted by atomic mass is 9.73. The van der Waals surface area contributed by atoms with Gasteiger partial charge in [-0.1, -0.05) is 33.1 Å². The van der Waals surface area contributed by atoms with E-state index >= 15 is 0 Å². The number of nitrogens with two attached hydrogens (primary N) is 1. The summed E-state index contributed by atoms with van der Waals surface area (Å²) in [5, 5.41) is 0. The van der Waals surface area contributed by atoms with E-state index in [1.165, 1.54) is 19.3 Å². The van der Waals surface area contributed by atoms with Crippen molar-refractivity contribution in [1.29, 1.82) is 0 Å². The molecule has 1 aliphatic rings. The number of carbonyl (C=O) groups excluding carboxylic acids is 1. The second-order valence-electron chi connectivity index (χ2n) is 4.82. The lowest BCUT2D eigenvalue weighted by Gasteiger charge is -2.31. The van der Waals surface area contributed by atoms with E-state index in [0.717, 1.165) is 19.3 Å². The third-order valence-corrected chi connectivity index (χ3v) is 3.80. The molecule has 1 aliphatic carbocycles. The summed E-state index contributed by atoms with van der Waals surface area (Å²) in [7, 11) is 0. The average molecular weight is 197 g/mol. The van der Waals surface area contributed by atoms with Gasteiger partial charge in [0, 0.05) is 17.9 Å². The first-order chi connectivity index (χ1) is 6.64. The molecule has 0 radical (unpaired) electrons. The molecule has 0 spiro atoms. The first kappa shape index (κ1) is 11.7. The topological polar surface area (TPSA) is 43.1 Å². The van der Waals surface area contributed by atoms with Crippen LogP contribution in [0.25, 0.3) is 0 Å². The molecule has 1 atom stereocenters. The van der Waals surface area contributed by atoms with Gasteiger partial charge in [0.2, 0.25) is 0 Å². The molecular weight excluding hydrogens is 174 g/mol. The monoisotopic (exact) mass is 197 g/mol. The van der Waals surface area contributed by atoms with E-state index in [4.69, 9.17) is 5.73 Å². The van der Waals surface area contributed by atoms with E-state index in [-0.39, 0.29) is 5.41 Å². The molecule has 0 aliphatic heterocycles. The fourth-order valence-electron chi connectivity index (χ4n) is 2.28. The minimum Gasteiger partial charge on any atom is -0.329 e. The normalized spacial score (nSPS) is 23.1. The van der Waals surface area contributed by atoms with Gasteiger partial charge in [-0.15, -0.1) is 0 Å². The van der Waals surface area contributed by atoms with Gasteiger partial charge in [0.05, 0.1) is 0 Å². The predicted octanol–water partition coefficient (Wildman–Crippen LogP) is 2.51. The zero-order valence-electron chi connectivity index (χ0n) is 9.51. The van der Waals surface area contributed by atoms with Crippen LogP contribution in [0.3, 0.4) is 0 Å². The zero-order chi connectivity index (χ0) is 10.6. The summed E-state index contributed by atoms with van der Waals surface area (Å²) < 4.78 is 0. The molecule has 14 heavy (non-hydrogen) atoms. The number of hydrogen-bond acceptors (Lipinski definition) is 2. The van der Waals surface area contributed by atoms with Gasteiger partial charge in [-0.2, -0.15) is 0 Å². The van der Waals surface area contributed by atoms with Crippen molar-refractivity contribution in [2.24, 2.45) is 17.1 Å². The molecule has 2 heteroatoms. The van der Waals surface area contributed by atoms with Crippen molar-refractivity contribution < 1.29 is 4.79 Å². The van der Waals surface area contributed by atoms with Crippen molar-refractivity contribution in [2.75, 3.05) is 6.54 Å². The first-order valence-corrected chi connectivity index (χ1v) is 5.88. The highest BCUT2D eigenvalue weighted by molar-refractivity contribution is 5.86. The van der Waals surface area contributed by atoms with Crippen molar-refractivity contribution in [3.8, 4) is 0 Å². The Balaban J connectivity index is 2.61. The van der Waals surface area contributed by atoms with Gasteiger partial charge in [0.25, 0.3) is 0 Å². The molecule has 0 aromatic heterocycles. The summed E-state index contributed by atoms with van der Waals surface area (Å²) in [5.74, 6) is 0.722. The molecule has 0 aromatic carbocycles. The van der Waals surface area contributed by atoms with Gasteiger partial charge < -0.3 is 5.73 Å². The van der Waals surface area contributed by atoms with Crippen LogP contribution < -0.4 is 5.73 Å². The Bertz CT molecular complexity index is 190. The quantitative estimate of drug-likeness (QED) is 0.752. The molecule has 1 fully saturated rings. The molecule has 2 nitrogen and oxygen atoms in total. The fraction of sp³-hybridized carbons (Fsp3) is 0.917. The Kier molecular flexibility index (Phi) is 4.11. The predicted molar refractivity (Wildman–Crippen MR) is 59.0 cm³/mol. The largest absolute Gasteiger partial charge is 0.329 e. The van der Waals surface area contributed by atoms with Gasteiger partial charge in [0.15, 0.2) is 0 Å². The maximum absolute atomic E-state index is 12.2. The first-order valence-electron chi connectivity index (χ1n) is 5.88. The second kappa shape index (κ2) is 4.92. The van der Waals surface area contributed by atoms with E-state index in [1.807, 2.05) is 6.92 Å². The molecule has 0 heterocycles. The van der Waals surface area contributed by atoms with E-state index < -0.39 is 0 Å². The van der Waals surface area contributed by atoms with Crippen LogP contribution in [-0.4, -0.2) is 12.3 Å². The Morgan fingerprint density at radius 1 is 1.36 bits per heavy atom. The van der Waals surface area contributed by atoms with Gasteiger partial charge >= 0.3 is 0 Å². The van der Waals surface area contributed by atoms with Crippen molar-refractivity contribution in [1.82, 2.24) is 0 Å². The van der Waals surface area contributed by atoms with Crippen molar-refractivity contribution in [3.05, 3.63) is 0 Å². The average Bonchev–Trinajstić information content (AvgIpc) is 2.28. The zero-order valence-corrected chi connectivity index (χ0v) is 9.51. The Morgan fingerprint density at radius 3 is 2.36 bits per heavy atom. The van der Waals surface area contributed by atoms with E-state index in [1.54, 1.807) is 0 Å². The third kappa shape index (κ3) is 2.35. The van der Waals surface area contributed by atoms with Gasteiger partial charge in [-0.3, -0.25) is 4.79 Å². The van der Waals surface area contributed by atoms with Crippen molar-refractivity contribution in [3.63, 3.8) is 0 Å². The highest BCUT2D eigenvalue weighted by atomic mass is 16.1. The highest BCUT2D eigenvalue weighted by Crippen LogP contribution is 2.32. The van der Waals surface area contributed by atoms with Crippen LogP contribution in [0.1, 0.15) is 52.4 Å². The Morgan fingerprint density at radius 2 is 1.93 bits per heavy atom. The van der Waals surface area contributed by atoms with Gasteiger partial charge in [-0.25, -0.2) is 0 Å². The summed E-state index contributed by atoms with van der Waals surface area (Å²) in [6.07, 6.45) is 6.80. The number of ketones is 1. The Hall–Kier alpha value is -0.370. The molecule has 1 rings (SSSR count). The lowest BCUT2D eigenvalue weighted by Crippen LogP contribution is -2.39. The minimum absolute atomic E-state index is 0.262. The molecule has 1 unspecified atom stereocenters. The van der Waals surface area contributed by atoms with Crippen molar-refractivity contribution in [2.45, 2.75) is 52.4 Å². The van der Waals surface area contributed by atoms with Crippen LogP contribution in [0.4, 0.5) is 0 Å². The van der Waals surface area contributed by atoms with Crippen LogP contribution in [-0.2, 0) is 4.79 Å². The summed E-state index contributed by atoms with van der Waals surface area (Å²) in [6, 6.07) is 0. The lowest BCUT2D eigenvalue weighted by molar-refractivity contribution is -0.132. The molecule has 82 valence electrons. The summed E-state index contributed by atoms with van der Waals surface area (Å²) in [4.78, 5) is 12.2. The second-order valence-corrected chi connectivity index (χ2v) is 4.82. The Labute approximate surface area is 87.2 Å². The molecule has 0 saturated heterocycles. The van der Waals surface area contributed by atoms with E-state index in [2.05, 4.69) is 6.92 Å². The SMILES string of the molecule is CCC(C)(CN)C(=O)C1CCCCC1. The minimum atomic E-state index is -0.262. The van der Waals surface area contributed by atoms with Crippen LogP contribution >= 0.6 is 0 Å². The van der Waals surface area contributed by atoms with Gasteiger partial charge in [0.1, 0.15) is 5.78 Å². The third-order valence-electron chi connectivity index (χ3n) is 3.80. The van der Waals surface area contributed by atoms with Gasteiger partial charge in [-0.05, 0) is 19.3 Å². The molecule has 0 aromatic rings. The van der Waals surface area contributed by atoms with Crippen LogP contribution in [0.15, 0.2) is 0 Å². The highest BCUT2D eigenvalue weighted by Gasteiger charge is 2.35. The molecule has 1 saturated carbocycles. The van der Waals surface area contributed by atoms with Crippen molar-refractivity contribution >= 4 is 5.78 Å². The standard InChI is InChI=1S/C12H23NO/c1-3-12(2,9-13)11(14)10-7-5-4-6-8-10/h10H,3-9,13H2,1-2H3. The summed E-state index contributed by atoms with van der Waals surface area (Å²) in [6.45, 7) is 4.58. The van der Waals surface area contributed by atoms with Crippen LogP contribution in [0.2, 0.25) is 0 Å². The smallest absolute Gasteiger partial charge is 0.143 e. The number of Topliss-reactive ketones (excluding diaryl/α,β-unsaturated/α-hetero) is 1. The number of rotatable bonds is 4. The molecular formula is C12H23NO. The maximum Gasteiger partial charge on any atom is 0.143 e. The summed E-state index contributed by atoms with van der Waals surface area (Å²) >= 11 is 0. The fourth-order valence-corrected chi connectivity index (χ4v) is 2.28. The molecule has 0 amide bonds. The summed E-state index contributed by atoms with van der Waals surface area (Å²) in [5.41, 5.74) is 5.44. The van der Waals surface area contributed by atoms with Crippen LogP contribution in [0.5, 0.6) is 0 Å². The molecule has 2 N–H and O–H groups in total. The number of hydrogen-bond donors (Lipinski definition) is 1. The molecule has 0 bridgehead atoms. The number of carbonyl (C=O) groups is 1. The van der Waals surface area contributed by atoms with Crippen LogP contribution in [0, 0.1) is 11.3 Å². The van der Waals surface area contributed by atoms with E-state index in [0.29, 0.717) is 18.2 Å². The van der Waals surface area contributed by atoms with E-state index in [9.17, 15) is 4.79 Å².